The quantitative estimate of drug-likeness (QED) is 0.706. The summed E-state index contributed by atoms with van der Waals surface area (Å²) in [6.07, 6.45) is 1.28. The first-order valence-electron chi connectivity index (χ1n) is 5.67. The Morgan fingerprint density at radius 1 is 1.59 bits per heavy atom. The van der Waals surface area contributed by atoms with Crippen LogP contribution in [0.3, 0.4) is 0 Å². The molecule has 0 spiro atoms. The molecule has 0 aromatic carbocycles. The maximum Gasteiger partial charge on any atom is 0.311 e. The van der Waals surface area contributed by atoms with Crippen LogP contribution in [0.1, 0.15) is 19.8 Å². The second-order valence-electron chi connectivity index (χ2n) is 4.79. The van der Waals surface area contributed by atoms with E-state index in [9.17, 15) is 9.59 Å². The lowest BCUT2D eigenvalue weighted by Crippen LogP contribution is -2.53. The predicted octanol–water partition coefficient (Wildman–Crippen LogP) is -0.327. The van der Waals surface area contributed by atoms with E-state index in [-0.39, 0.29) is 19.1 Å². The smallest absolute Gasteiger partial charge is 0.311 e. The van der Waals surface area contributed by atoms with Crippen molar-refractivity contribution in [2.24, 2.45) is 11.1 Å². The van der Waals surface area contributed by atoms with Crippen molar-refractivity contribution >= 4 is 11.9 Å². The molecule has 3 N–H and O–H groups in total. The summed E-state index contributed by atoms with van der Waals surface area (Å²) >= 11 is 0. The molecule has 1 aliphatic heterocycles. The Morgan fingerprint density at radius 2 is 2.24 bits per heavy atom. The summed E-state index contributed by atoms with van der Waals surface area (Å²) in [5, 5.41) is 9.15. The second-order valence-corrected chi connectivity index (χ2v) is 4.79. The Morgan fingerprint density at radius 3 is 2.76 bits per heavy atom. The minimum Gasteiger partial charge on any atom is -0.481 e. The molecule has 1 fully saturated rings. The number of rotatable bonds is 4. The van der Waals surface area contributed by atoms with Gasteiger partial charge in [0.05, 0.1) is 12.0 Å². The lowest BCUT2D eigenvalue weighted by molar-refractivity contribution is -0.154. The fourth-order valence-electron chi connectivity index (χ4n) is 2.09. The number of carbonyl (C=O) groups excluding carboxylic acids is 1. The van der Waals surface area contributed by atoms with Crippen LogP contribution in [0.25, 0.3) is 0 Å². The van der Waals surface area contributed by atoms with Crippen molar-refractivity contribution < 1.29 is 19.4 Å². The van der Waals surface area contributed by atoms with Gasteiger partial charge < -0.3 is 20.5 Å². The molecule has 0 radical (unpaired) electrons. The number of carboxylic acids is 1. The molecule has 6 nitrogen and oxygen atoms in total. The van der Waals surface area contributed by atoms with E-state index in [4.69, 9.17) is 15.6 Å². The minimum atomic E-state index is -0.865. The van der Waals surface area contributed by atoms with Gasteiger partial charge in [-0.1, -0.05) is 0 Å². The molecule has 0 bridgehead atoms. The highest BCUT2D eigenvalue weighted by Crippen LogP contribution is 2.29. The third-order valence-electron chi connectivity index (χ3n) is 3.19. The summed E-state index contributed by atoms with van der Waals surface area (Å²) < 4.78 is 4.83. The van der Waals surface area contributed by atoms with E-state index in [1.807, 2.05) is 0 Å². The number of carboxylic acid groups (broad SMARTS) is 1. The van der Waals surface area contributed by atoms with E-state index in [1.54, 1.807) is 6.92 Å². The van der Waals surface area contributed by atoms with Gasteiger partial charge in [0.25, 0.3) is 0 Å². The highest BCUT2D eigenvalue weighted by atomic mass is 16.5. The summed E-state index contributed by atoms with van der Waals surface area (Å²) in [5.41, 5.74) is 4.80. The van der Waals surface area contributed by atoms with Crippen LogP contribution >= 0.6 is 0 Å². The van der Waals surface area contributed by atoms with E-state index in [0.717, 1.165) is 0 Å². The number of nitrogens with zero attached hydrogens (tertiary/aromatic N) is 1. The van der Waals surface area contributed by atoms with Gasteiger partial charge in [-0.15, -0.1) is 0 Å². The van der Waals surface area contributed by atoms with Crippen molar-refractivity contribution in [3.05, 3.63) is 0 Å². The average Bonchev–Trinajstić information content (AvgIpc) is 2.28. The van der Waals surface area contributed by atoms with E-state index >= 15 is 0 Å². The molecule has 1 saturated heterocycles. The number of aliphatic carboxylic acids is 1. The van der Waals surface area contributed by atoms with Crippen molar-refractivity contribution in [1.29, 1.82) is 0 Å². The molecule has 1 aliphatic rings. The van der Waals surface area contributed by atoms with E-state index < -0.39 is 17.4 Å². The molecule has 0 aromatic heterocycles. The monoisotopic (exact) mass is 244 g/mol. The van der Waals surface area contributed by atoms with Crippen molar-refractivity contribution in [2.45, 2.75) is 25.8 Å². The standard InChI is InChI=1S/C11H20N2O4/c1-11(10(15)16)4-3-5-13(7-11)9(14)8(12)6-17-2/h8H,3-7,12H2,1-2H3,(H,15,16). The zero-order valence-corrected chi connectivity index (χ0v) is 10.3. The summed E-state index contributed by atoms with van der Waals surface area (Å²) in [4.78, 5) is 24.6. The van der Waals surface area contributed by atoms with Gasteiger partial charge in [0.15, 0.2) is 0 Å². The second kappa shape index (κ2) is 5.46. The van der Waals surface area contributed by atoms with E-state index in [2.05, 4.69) is 0 Å². The number of hydrogen-bond donors (Lipinski definition) is 2. The van der Waals surface area contributed by atoms with Crippen molar-refractivity contribution in [3.8, 4) is 0 Å². The molecular formula is C11H20N2O4. The Bertz CT molecular complexity index is 308. The Balaban J connectivity index is 2.66. The predicted molar refractivity (Wildman–Crippen MR) is 61.4 cm³/mol. The topological polar surface area (TPSA) is 92.9 Å². The number of hydrogen-bond acceptors (Lipinski definition) is 4. The van der Waals surface area contributed by atoms with Gasteiger partial charge in [0.1, 0.15) is 6.04 Å². The molecular weight excluding hydrogens is 224 g/mol. The fraction of sp³-hybridized carbons (Fsp3) is 0.818. The van der Waals surface area contributed by atoms with Crippen LogP contribution in [-0.4, -0.2) is 54.7 Å². The van der Waals surface area contributed by atoms with Crippen LogP contribution in [0, 0.1) is 5.41 Å². The molecule has 98 valence electrons. The third kappa shape index (κ3) is 3.17. The van der Waals surface area contributed by atoms with Gasteiger partial charge in [0, 0.05) is 20.2 Å². The third-order valence-corrected chi connectivity index (χ3v) is 3.19. The normalized spacial score (nSPS) is 26.6. The molecule has 0 saturated carbocycles. The van der Waals surface area contributed by atoms with Gasteiger partial charge in [0.2, 0.25) is 5.91 Å². The zero-order valence-electron chi connectivity index (χ0n) is 10.3. The summed E-state index contributed by atoms with van der Waals surface area (Å²) in [6.45, 7) is 2.60. The van der Waals surface area contributed by atoms with Crippen LogP contribution in [0.15, 0.2) is 0 Å². The Hall–Kier alpha value is -1.14. The number of piperidine rings is 1. The molecule has 0 aliphatic carbocycles. The first-order valence-corrected chi connectivity index (χ1v) is 5.67. The Labute approximate surface area is 101 Å². The number of methoxy groups -OCH3 is 1. The Kier molecular flexibility index (Phi) is 4.47. The molecule has 2 unspecified atom stereocenters. The largest absolute Gasteiger partial charge is 0.481 e. The van der Waals surface area contributed by atoms with Gasteiger partial charge in [-0.25, -0.2) is 0 Å². The molecule has 17 heavy (non-hydrogen) atoms. The molecule has 1 heterocycles. The lowest BCUT2D eigenvalue weighted by Gasteiger charge is -2.38. The van der Waals surface area contributed by atoms with Crippen molar-refractivity contribution in [1.82, 2.24) is 4.90 Å². The van der Waals surface area contributed by atoms with Crippen LogP contribution in [-0.2, 0) is 14.3 Å². The highest BCUT2D eigenvalue weighted by Gasteiger charge is 2.40. The lowest BCUT2D eigenvalue weighted by atomic mass is 9.82. The maximum atomic E-state index is 11.9. The number of carbonyl (C=O) groups is 2. The first-order chi connectivity index (χ1) is 7.90. The number of ether oxygens (including phenoxy) is 1. The van der Waals surface area contributed by atoms with Crippen LogP contribution < -0.4 is 5.73 Å². The summed E-state index contributed by atoms with van der Waals surface area (Å²) in [5.74, 6) is -1.10. The van der Waals surface area contributed by atoms with Crippen LogP contribution in [0.2, 0.25) is 0 Å². The van der Waals surface area contributed by atoms with Crippen LogP contribution in [0.5, 0.6) is 0 Å². The van der Waals surface area contributed by atoms with Gasteiger partial charge in [-0.3, -0.25) is 9.59 Å². The molecule has 1 rings (SSSR count). The van der Waals surface area contributed by atoms with Crippen LogP contribution in [0.4, 0.5) is 0 Å². The first kappa shape index (κ1) is 13.9. The van der Waals surface area contributed by atoms with E-state index in [0.29, 0.717) is 19.4 Å². The van der Waals surface area contributed by atoms with Gasteiger partial charge in [-0.05, 0) is 19.8 Å². The number of amides is 1. The van der Waals surface area contributed by atoms with Gasteiger partial charge in [-0.2, -0.15) is 0 Å². The molecule has 0 aromatic rings. The highest BCUT2D eigenvalue weighted by molar-refractivity contribution is 5.83. The average molecular weight is 244 g/mol. The zero-order chi connectivity index (χ0) is 13.1. The SMILES string of the molecule is COCC(N)C(=O)N1CCCC(C)(C(=O)O)C1. The molecule has 6 heteroatoms. The minimum absolute atomic E-state index is 0.152. The molecule has 2 atom stereocenters. The number of nitrogens with two attached hydrogens (primary N) is 1. The van der Waals surface area contributed by atoms with E-state index in [1.165, 1.54) is 12.0 Å². The summed E-state index contributed by atoms with van der Waals surface area (Å²) in [7, 11) is 1.48. The van der Waals surface area contributed by atoms with Gasteiger partial charge >= 0.3 is 5.97 Å². The van der Waals surface area contributed by atoms with Crippen molar-refractivity contribution in [2.75, 3.05) is 26.8 Å². The maximum absolute atomic E-state index is 11.9. The number of likely N-dealkylation sites (tertiary alicyclic amines) is 1. The fourth-order valence-corrected chi connectivity index (χ4v) is 2.09. The molecule has 1 amide bonds. The summed E-state index contributed by atoms with van der Waals surface area (Å²) in [6, 6.07) is -0.712. The van der Waals surface area contributed by atoms with Crippen molar-refractivity contribution in [3.63, 3.8) is 0 Å².